The summed E-state index contributed by atoms with van der Waals surface area (Å²) in [5.41, 5.74) is 2.62. The van der Waals surface area contributed by atoms with Crippen LogP contribution in [0.5, 0.6) is 5.75 Å². The summed E-state index contributed by atoms with van der Waals surface area (Å²) in [4.78, 5) is 0. The molecule has 7 heteroatoms. The number of aromatic amines is 1. The second-order valence-electron chi connectivity index (χ2n) is 5.92. The van der Waals surface area contributed by atoms with Crippen LogP contribution in [0.2, 0.25) is 0 Å². The normalized spacial score (nSPS) is 11.3. The van der Waals surface area contributed by atoms with Gasteiger partial charge in [-0.3, -0.25) is 9.67 Å². The summed E-state index contributed by atoms with van der Waals surface area (Å²) >= 11 is 5.47. The van der Waals surface area contributed by atoms with Crippen LogP contribution in [0.15, 0.2) is 54.7 Å². The molecule has 0 aliphatic heterocycles. The molecular weight excluding hydrogens is 348 g/mol. The van der Waals surface area contributed by atoms with Crippen molar-refractivity contribution < 1.29 is 9.84 Å². The highest BCUT2D eigenvalue weighted by molar-refractivity contribution is 7.71. The number of nitrogens with one attached hydrogen (secondary N) is 1. The summed E-state index contributed by atoms with van der Waals surface area (Å²) in [6.07, 6.45) is 2.04. The third kappa shape index (κ3) is 2.71. The van der Waals surface area contributed by atoms with Gasteiger partial charge in [0.1, 0.15) is 5.75 Å². The number of benzene rings is 2. The first-order valence-corrected chi connectivity index (χ1v) is 8.64. The molecule has 0 atom stereocenters. The molecule has 4 rings (SSSR count). The topological polar surface area (TPSA) is 68.0 Å². The highest BCUT2D eigenvalue weighted by Crippen LogP contribution is 2.31. The van der Waals surface area contributed by atoms with Gasteiger partial charge < -0.3 is 14.4 Å². The van der Waals surface area contributed by atoms with Crippen molar-refractivity contribution in [2.75, 3.05) is 13.7 Å². The standard InChI is InChI=1S/C19H18N4O2S/c1-25-12-11-22-10-9-13-15(22)6-4-7-16(13)23-18(20-21-19(23)26)14-5-2-3-8-17(14)24/h2-10,24H,11-12H2,1H3,(H,21,26). The molecule has 0 radical (unpaired) electrons. The molecule has 0 aliphatic carbocycles. The van der Waals surface area contributed by atoms with Crippen molar-refractivity contribution in [2.45, 2.75) is 6.54 Å². The molecule has 4 aromatic rings. The number of hydrogen-bond acceptors (Lipinski definition) is 4. The molecule has 0 aliphatic rings. The first-order valence-electron chi connectivity index (χ1n) is 8.23. The lowest BCUT2D eigenvalue weighted by Gasteiger charge is -2.10. The molecule has 0 saturated carbocycles. The van der Waals surface area contributed by atoms with Crippen LogP contribution in [-0.4, -0.2) is 38.2 Å². The number of rotatable bonds is 5. The highest BCUT2D eigenvalue weighted by atomic mass is 32.1. The number of nitrogens with zero attached hydrogens (tertiary/aromatic N) is 3. The Bertz CT molecular complexity index is 1130. The predicted octanol–water partition coefficient (Wildman–Crippen LogP) is 3.90. The van der Waals surface area contributed by atoms with Crippen LogP contribution < -0.4 is 0 Å². The number of fused-ring (bicyclic) bond motifs is 1. The van der Waals surface area contributed by atoms with Gasteiger partial charge in [0.15, 0.2) is 10.6 Å². The maximum atomic E-state index is 10.2. The van der Waals surface area contributed by atoms with Crippen molar-refractivity contribution in [1.82, 2.24) is 19.3 Å². The average molecular weight is 366 g/mol. The summed E-state index contributed by atoms with van der Waals surface area (Å²) in [5, 5.41) is 18.5. The largest absolute Gasteiger partial charge is 0.507 e. The molecule has 0 bridgehead atoms. The molecule has 26 heavy (non-hydrogen) atoms. The molecular formula is C19H18N4O2S. The summed E-state index contributed by atoms with van der Waals surface area (Å²) in [5.74, 6) is 0.734. The number of ether oxygens (including phenoxy) is 1. The SMILES string of the molecule is COCCn1ccc2c(-n3c(-c4ccccc4O)n[nH]c3=S)cccc21. The van der Waals surface area contributed by atoms with Crippen molar-refractivity contribution in [2.24, 2.45) is 0 Å². The van der Waals surface area contributed by atoms with Gasteiger partial charge in [-0.1, -0.05) is 18.2 Å². The number of aromatic hydroxyl groups is 1. The fourth-order valence-corrected chi connectivity index (χ4v) is 3.38. The van der Waals surface area contributed by atoms with Crippen molar-refractivity contribution in [3.05, 3.63) is 59.5 Å². The summed E-state index contributed by atoms with van der Waals surface area (Å²) in [6.45, 7) is 1.41. The quantitative estimate of drug-likeness (QED) is 0.526. The number of phenolic OH excluding ortho intramolecular Hbond substituents is 1. The third-order valence-corrected chi connectivity index (χ3v) is 4.66. The number of aromatic nitrogens is 4. The fraction of sp³-hybridized carbons (Fsp3) is 0.158. The average Bonchev–Trinajstić information content (AvgIpc) is 3.24. The maximum absolute atomic E-state index is 10.2. The van der Waals surface area contributed by atoms with Crippen molar-refractivity contribution in [3.63, 3.8) is 0 Å². The van der Waals surface area contributed by atoms with E-state index in [9.17, 15) is 5.11 Å². The molecule has 0 unspecified atom stereocenters. The van der Waals surface area contributed by atoms with E-state index >= 15 is 0 Å². The van der Waals surface area contributed by atoms with E-state index in [0.717, 1.165) is 23.1 Å². The van der Waals surface area contributed by atoms with Gasteiger partial charge in [0, 0.05) is 25.2 Å². The maximum Gasteiger partial charge on any atom is 0.200 e. The van der Waals surface area contributed by atoms with E-state index in [1.165, 1.54) is 0 Å². The van der Waals surface area contributed by atoms with Gasteiger partial charge in [0.05, 0.1) is 23.4 Å². The van der Waals surface area contributed by atoms with E-state index in [4.69, 9.17) is 17.0 Å². The Balaban J connectivity index is 1.92. The van der Waals surface area contributed by atoms with Gasteiger partial charge >= 0.3 is 0 Å². The second-order valence-corrected chi connectivity index (χ2v) is 6.30. The van der Waals surface area contributed by atoms with Crippen LogP contribution in [0.4, 0.5) is 0 Å². The predicted molar refractivity (Wildman–Crippen MR) is 103 cm³/mol. The zero-order chi connectivity index (χ0) is 18.1. The minimum absolute atomic E-state index is 0.160. The van der Waals surface area contributed by atoms with Crippen LogP contribution in [0.3, 0.4) is 0 Å². The first kappa shape index (κ1) is 16.6. The monoisotopic (exact) mass is 366 g/mol. The molecule has 2 aromatic carbocycles. The number of phenols is 1. The minimum Gasteiger partial charge on any atom is -0.507 e. The van der Waals surface area contributed by atoms with E-state index in [1.54, 1.807) is 19.2 Å². The van der Waals surface area contributed by atoms with E-state index in [-0.39, 0.29) is 5.75 Å². The summed E-state index contributed by atoms with van der Waals surface area (Å²) < 4.78 is 9.66. The van der Waals surface area contributed by atoms with Crippen LogP contribution in [-0.2, 0) is 11.3 Å². The van der Waals surface area contributed by atoms with E-state index in [2.05, 4.69) is 26.9 Å². The Morgan fingerprint density at radius 1 is 1.15 bits per heavy atom. The molecule has 2 aromatic heterocycles. The zero-order valence-electron chi connectivity index (χ0n) is 14.2. The highest BCUT2D eigenvalue weighted by Gasteiger charge is 2.16. The molecule has 0 saturated heterocycles. The van der Waals surface area contributed by atoms with Gasteiger partial charge in [0.25, 0.3) is 0 Å². The Hall–Kier alpha value is -2.90. The summed E-state index contributed by atoms with van der Waals surface area (Å²) in [7, 11) is 1.69. The molecule has 0 amide bonds. The van der Waals surface area contributed by atoms with Gasteiger partial charge in [-0.25, -0.2) is 0 Å². The Morgan fingerprint density at radius 3 is 2.81 bits per heavy atom. The lowest BCUT2D eigenvalue weighted by atomic mass is 10.1. The van der Waals surface area contributed by atoms with Crippen LogP contribution in [0.1, 0.15) is 0 Å². The lowest BCUT2D eigenvalue weighted by Crippen LogP contribution is -2.03. The Labute approximate surface area is 155 Å². The molecule has 0 fully saturated rings. The van der Waals surface area contributed by atoms with E-state index in [1.807, 2.05) is 35.0 Å². The van der Waals surface area contributed by atoms with Crippen LogP contribution >= 0.6 is 12.2 Å². The van der Waals surface area contributed by atoms with Gasteiger partial charge in [-0.05, 0) is 42.5 Å². The molecule has 6 nitrogen and oxygen atoms in total. The van der Waals surface area contributed by atoms with Crippen molar-refractivity contribution in [3.8, 4) is 22.8 Å². The van der Waals surface area contributed by atoms with Gasteiger partial charge in [-0.2, -0.15) is 5.10 Å². The zero-order valence-corrected chi connectivity index (χ0v) is 15.0. The van der Waals surface area contributed by atoms with Crippen molar-refractivity contribution in [1.29, 1.82) is 0 Å². The number of hydrogen-bond donors (Lipinski definition) is 2. The number of para-hydroxylation sites is 1. The van der Waals surface area contributed by atoms with Crippen LogP contribution in [0, 0.1) is 4.77 Å². The molecule has 2 heterocycles. The van der Waals surface area contributed by atoms with Crippen LogP contribution in [0.25, 0.3) is 28.0 Å². The van der Waals surface area contributed by atoms with E-state index in [0.29, 0.717) is 22.8 Å². The van der Waals surface area contributed by atoms with Gasteiger partial charge in [-0.15, -0.1) is 0 Å². The number of methoxy groups -OCH3 is 1. The smallest absolute Gasteiger partial charge is 0.200 e. The molecule has 0 spiro atoms. The first-order chi connectivity index (χ1) is 12.7. The number of H-pyrrole nitrogens is 1. The minimum atomic E-state index is 0.160. The lowest BCUT2D eigenvalue weighted by molar-refractivity contribution is 0.188. The molecule has 2 N–H and O–H groups in total. The fourth-order valence-electron chi connectivity index (χ4n) is 3.15. The van der Waals surface area contributed by atoms with Crippen molar-refractivity contribution >= 4 is 23.1 Å². The summed E-state index contributed by atoms with van der Waals surface area (Å²) in [6, 6.07) is 15.2. The Morgan fingerprint density at radius 2 is 2.00 bits per heavy atom. The third-order valence-electron chi connectivity index (χ3n) is 4.39. The second kappa shape index (κ2) is 6.78. The molecule has 132 valence electrons. The van der Waals surface area contributed by atoms with E-state index < -0.39 is 0 Å². The Kier molecular flexibility index (Phi) is 4.32. The van der Waals surface area contributed by atoms with Gasteiger partial charge in [0.2, 0.25) is 0 Å².